The number of methoxy groups -OCH3 is 2. The Morgan fingerprint density at radius 1 is 1.15 bits per heavy atom. The van der Waals surface area contributed by atoms with E-state index >= 15 is 0 Å². The summed E-state index contributed by atoms with van der Waals surface area (Å²) >= 11 is 0. The largest absolute Gasteiger partial charge is 0.497 e. The van der Waals surface area contributed by atoms with Gasteiger partial charge in [-0.2, -0.15) is 0 Å². The van der Waals surface area contributed by atoms with Crippen LogP contribution < -0.4 is 9.04 Å². The summed E-state index contributed by atoms with van der Waals surface area (Å²) in [5.74, 6) is 0.203. The second kappa shape index (κ2) is 6.99. The predicted octanol–water partition coefficient (Wildman–Crippen LogP) is 2.69. The molecule has 3 rings (SSSR count). The van der Waals surface area contributed by atoms with Gasteiger partial charge in [0, 0.05) is 0 Å². The molecule has 0 saturated heterocycles. The Balaban J connectivity index is 2.08. The Labute approximate surface area is 153 Å². The van der Waals surface area contributed by atoms with Gasteiger partial charge in [-0.3, -0.25) is 9.10 Å². The summed E-state index contributed by atoms with van der Waals surface area (Å²) in [5.41, 5.74) is 2.37. The molecule has 0 radical (unpaired) electrons. The van der Waals surface area contributed by atoms with Crippen LogP contribution in [0.5, 0.6) is 5.75 Å². The van der Waals surface area contributed by atoms with Crippen LogP contribution in [0.3, 0.4) is 0 Å². The summed E-state index contributed by atoms with van der Waals surface area (Å²) in [6.07, 6.45) is 0.408. The minimum absolute atomic E-state index is 0.0153. The van der Waals surface area contributed by atoms with Crippen molar-refractivity contribution in [2.24, 2.45) is 0 Å². The van der Waals surface area contributed by atoms with E-state index in [-0.39, 0.29) is 11.3 Å². The maximum absolute atomic E-state index is 13.3. The van der Waals surface area contributed by atoms with Crippen LogP contribution in [0.25, 0.3) is 0 Å². The van der Waals surface area contributed by atoms with Crippen molar-refractivity contribution in [3.63, 3.8) is 0 Å². The van der Waals surface area contributed by atoms with Gasteiger partial charge >= 0.3 is 5.97 Å². The Morgan fingerprint density at radius 2 is 1.85 bits per heavy atom. The van der Waals surface area contributed by atoms with Gasteiger partial charge in [-0.05, 0) is 49.2 Å². The number of ether oxygens (including phenoxy) is 2. The second-order valence-corrected chi connectivity index (χ2v) is 8.06. The maximum atomic E-state index is 13.3. The number of fused-ring (bicyclic) bond motifs is 1. The second-order valence-electron chi connectivity index (χ2n) is 6.25. The fraction of sp³-hybridized carbons (Fsp3) is 0.316. The van der Waals surface area contributed by atoms with E-state index in [1.54, 1.807) is 43.5 Å². The molecule has 0 fully saturated rings. The minimum atomic E-state index is -3.81. The third-order valence-corrected chi connectivity index (χ3v) is 6.40. The molecule has 6 nitrogen and oxygen atoms in total. The first-order valence-corrected chi connectivity index (χ1v) is 9.65. The number of esters is 1. The fourth-order valence-corrected chi connectivity index (χ4v) is 4.87. The molecule has 0 aliphatic carbocycles. The van der Waals surface area contributed by atoms with Crippen LogP contribution in [0.15, 0.2) is 47.4 Å². The van der Waals surface area contributed by atoms with E-state index in [0.717, 1.165) is 11.1 Å². The molecule has 2 aromatic rings. The molecule has 0 amide bonds. The highest BCUT2D eigenvalue weighted by molar-refractivity contribution is 7.92. The van der Waals surface area contributed by atoms with Crippen LogP contribution in [0.2, 0.25) is 0 Å². The molecule has 0 N–H and O–H groups in total. The molecule has 0 unspecified atom stereocenters. The van der Waals surface area contributed by atoms with Crippen LogP contribution in [0, 0.1) is 6.92 Å². The summed E-state index contributed by atoms with van der Waals surface area (Å²) in [5, 5.41) is 0. The lowest BCUT2D eigenvalue weighted by Crippen LogP contribution is -2.39. The van der Waals surface area contributed by atoms with Crippen molar-refractivity contribution in [3.8, 4) is 5.75 Å². The number of rotatable bonds is 5. The number of nitrogens with zero attached hydrogens (tertiary/aromatic N) is 1. The molecule has 26 heavy (non-hydrogen) atoms. The molecule has 0 spiro atoms. The average molecular weight is 375 g/mol. The summed E-state index contributed by atoms with van der Waals surface area (Å²) in [6.45, 7) is 1.90. The van der Waals surface area contributed by atoms with Crippen LogP contribution in [-0.4, -0.2) is 34.6 Å². The smallest absolute Gasteiger partial charge is 0.307 e. The Morgan fingerprint density at radius 3 is 2.46 bits per heavy atom. The quantitative estimate of drug-likeness (QED) is 0.752. The zero-order valence-electron chi connectivity index (χ0n) is 14.9. The minimum Gasteiger partial charge on any atom is -0.497 e. The average Bonchev–Trinajstić information content (AvgIpc) is 2.99. The molecule has 1 atom stereocenters. The predicted molar refractivity (Wildman–Crippen MR) is 98.0 cm³/mol. The van der Waals surface area contributed by atoms with Gasteiger partial charge in [0.15, 0.2) is 0 Å². The lowest BCUT2D eigenvalue weighted by Gasteiger charge is -2.26. The molecule has 1 aliphatic heterocycles. The van der Waals surface area contributed by atoms with Crippen LogP contribution in [0.1, 0.15) is 17.5 Å². The Bertz CT molecular complexity index is 921. The van der Waals surface area contributed by atoms with Gasteiger partial charge in [0.1, 0.15) is 5.75 Å². The molecular weight excluding hydrogens is 354 g/mol. The third kappa shape index (κ3) is 3.26. The van der Waals surface area contributed by atoms with Gasteiger partial charge in [-0.1, -0.05) is 17.7 Å². The van der Waals surface area contributed by atoms with E-state index in [9.17, 15) is 13.2 Å². The van der Waals surface area contributed by atoms with Gasteiger partial charge in [0.05, 0.1) is 37.3 Å². The van der Waals surface area contributed by atoms with Crippen molar-refractivity contribution in [2.45, 2.75) is 30.7 Å². The monoisotopic (exact) mass is 375 g/mol. The van der Waals surface area contributed by atoms with Gasteiger partial charge in [-0.15, -0.1) is 0 Å². The van der Waals surface area contributed by atoms with Crippen molar-refractivity contribution in [1.82, 2.24) is 0 Å². The SMILES string of the molecule is COC(=O)C[C@@H]1Cc2cc(OC)ccc2N1S(=O)(=O)c1ccc(C)cc1. The number of carbonyl (C=O) groups is 1. The molecular formula is C19H21NO5S. The fourth-order valence-electron chi connectivity index (χ4n) is 3.18. The van der Waals surface area contributed by atoms with Crippen molar-refractivity contribution in [2.75, 3.05) is 18.5 Å². The van der Waals surface area contributed by atoms with Crippen molar-refractivity contribution < 1.29 is 22.7 Å². The maximum Gasteiger partial charge on any atom is 0.307 e. The van der Waals surface area contributed by atoms with Crippen molar-refractivity contribution in [3.05, 3.63) is 53.6 Å². The molecule has 2 aromatic carbocycles. The van der Waals surface area contributed by atoms with Crippen LogP contribution in [0.4, 0.5) is 5.69 Å². The highest BCUT2D eigenvalue weighted by Gasteiger charge is 2.39. The van der Waals surface area contributed by atoms with E-state index < -0.39 is 22.0 Å². The Kier molecular flexibility index (Phi) is 4.91. The number of hydrogen-bond donors (Lipinski definition) is 0. The standard InChI is InChI=1S/C19H21NO5S/c1-13-4-7-17(8-5-13)26(22,23)20-15(12-19(21)25-3)10-14-11-16(24-2)6-9-18(14)20/h4-9,11,15H,10,12H2,1-3H3/t15-/m0/s1. The number of benzene rings is 2. The molecule has 0 saturated carbocycles. The normalized spacial score (nSPS) is 16.3. The van der Waals surface area contributed by atoms with Gasteiger partial charge in [0.25, 0.3) is 10.0 Å². The highest BCUT2D eigenvalue weighted by Crippen LogP contribution is 2.39. The lowest BCUT2D eigenvalue weighted by molar-refractivity contribution is -0.140. The first-order chi connectivity index (χ1) is 12.4. The summed E-state index contributed by atoms with van der Waals surface area (Å²) < 4.78 is 37.9. The van der Waals surface area contributed by atoms with E-state index in [0.29, 0.717) is 17.9 Å². The van der Waals surface area contributed by atoms with Crippen molar-refractivity contribution >= 4 is 21.7 Å². The summed E-state index contributed by atoms with van der Waals surface area (Å²) in [6, 6.07) is 11.4. The number of aryl methyl sites for hydroxylation is 1. The first-order valence-electron chi connectivity index (χ1n) is 8.21. The Hall–Kier alpha value is -2.54. The van der Waals surface area contributed by atoms with Gasteiger partial charge in [-0.25, -0.2) is 8.42 Å². The number of hydrogen-bond acceptors (Lipinski definition) is 5. The summed E-state index contributed by atoms with van der Waals surface area (Å²) in [4.78, 5) is 12.0. The highest BCUT2D eigenvalue weighted by atomic mass is 32.2. The molecule has 138 valence electrons. The molecule has 0 bridgehead atoms. The van der Waals surface area contributed by atoms with E-state index in [2.05, 4.69) is 0 Å². The zero-order chi connectivity index (χ0) is 18.9. The van der Waals surface area contributed by atoms with E-state index in [1.807, 2.05) is 13.0 Å². The molecule has 7 heteroatoms. The van der Waals surface area contributed by atoms with E-state index in [1.165, 1.54) is 11.4 Å². The zero-order valence-corrected chi connectivity index (χ0v) is 15.7. The molecule has 0 aromatic heterocycles. The molecule has 1 heterocycles. The number of carbonyl (C=O) groups excluding carboxylic acids is 1. The van der Waals surface area contributed by atoms with Gasteiger partial charge in [0.2, 0.25) is 0 Å². The lowest BCUT2D eigenvalue weighted by atomic mass is 10.1. The van der Waals surface area contributed by atoms with Crippen molar-refractivity contribution in [1.29, 1.82) is 0 Å². The summed E-state index contributed by atoms with van der Waals surface area (Å²) in [7, 11) is -0.950. The first kappa shape index (κ1) is 18.3. The topological polar surface area (TPSA) is 72.9 Å². The molecule has 1 aliphatic rings. The van der Waals surface area contributed by atoms with Gasteiger partial charge < -0.3 is 9.47 Å². The number of sulfonamides is 1. The number of anilines is 1. The van der Waals surface area contributed by atoms with Crippen LogP contribution >= 0.6 is 0 Å². The van der Waals surface area contributed by atoms with E-state index in [4.69, 9.17) is 9.47 Å². The van der Waals surface area contributed by atoms with Crippen LogP contribution in [-0.2, 0) is 26.0 Å². The third-order valence-electron chi connectivity index (χ3n) is 4.52.